The van der Waals surface area contributed by atoms with E-state index in [1.807, 2.05) is 0 Å². The summed E-state index contributed by atoms with van der Waals surface area (Å²) in [5.74, 6) is 0. The van der Waals surface area contributed by atoms with E-state index in [4.69, 9.17) is 0 Å². The van der Waals surface area contributed by atoms with Crippen molar-refractivity contribution in [3.63, 3.8) is 0 Å². The first kappa shape index (κ1) is 10.7. The van der Waals surface area contributed by atoms with Crippen molar-refractivity contribution in [3.05, 3.63) is 60.7 Å². The maximum atomic E-state index is 4.47. The summed E-state index contributed by atoms with van der Waals surface area (Å²) in [5, 5.41) is 2.79. The van der Waals surface area contributed by atoms with Crippen LogP contribution in [0.15, 0.2) is 60.7 Å². The molecule has 0 unspecified atom stereocenters. The standard InChI is InChI=1S/C13H13PS/c15-11-14(12-7-3-1-4-8-12)13-9-5-2-6-10-13/h1-10,15H,11H2. The Morgan fingerprint density at radius 3 is 1.47 bits per heavy atom. The molecule has 0 radical (unpaired) electrons. The third-order valence-corrected chi connectivity index (χ3v) is 5.25. The average molecular weight is 232 g/mol. The maximum absolute atomic E-state index is 4.47. The van der Waals surface area contributed by atoms with Gasteiger partial charge in [-0.3, -0.25) is 0 Å². The minimum atomic E-state index is -0.284. The van der Waals surface area contributed by atoms with Crippen molar-refractivity contribution in [1.29, 1.82) is 0 Å². The molecule has 0 amide bonds. The normalized spacial score (nSPS) is 10.5. The molecule has 15 heavy (non-hydrogen) atoms. The highest BCUT2D eigenvalue weighted by Crippen LogP contribution is 2.33. The van der Waals surface area contributed by atoms with Gasteiger partial charge in [-0.1, -0.05) is 60.7 Å². The third-order valence-electron chi connectivity index (χ3n) is 2.28. The largest absolute Gasteiger partial charge is 0.174 e. The molecule has 0 bridgehead atoms. The van der Waals surface area contributed by atoms with Gasteiger partial charge >= 0.3 is 0 Å². The van der Waals surface area contributed by atoms with Crippen LogP contribution in [0.2, 0.25) is 0 Å². The molecular weight excluding hydrogens is 219 g/mol. The maximum Gasteiger partial charge on any atom is 0.0186 e. The number of hydrogen-bond donors (Lipinski definition) is 1. The van der Waals surface area contributed by atoms with Crippen molar-refractivity contribution < 1.29 is 0 Å². The van der Waals surface area contributed by atoms with Gasteiger partial charge in [0.25, 0.3) is 0 Å². The molecule has 0 saturated carbocycles. The summed E-state index contributed by atoms with van der Waals surface area (Å²) in [4.78, 5) is 0. The molecule has 0 aliphatic carbocycles. The number of benzene rings is 2. The topological polar surface area (TPSA) is 0 Å². The Kier molecular flexibility index (Phi) is 3.82. The minimum absolute atomic E-state index is 0.284. The van der Waals surface area contributed by atoms with Crippen molar-refractivity contribution in [2.45, 2.75) is 0 Å². The van der Waals surface area contributed by atoms with E-state index in [1.54, 1.807) is 0 Å². The van der Waals surface area contributed by atoms with Gasteiger partial charge in [0.05, 0.1) is 0 Å². The summed E-state index contributed by atoms with van der Waals surface area (Å²) < 4.78 is 0. The van der Waals surface area contributed by atoms with Crippen molar-refractivity contribution in [2.24, 2.45) is 0 Å². The van der Waals surface area contributed by atoms with E-state index in [-0.39, 0.29) is 7.92 Å². The molecule has 0 nitrogen and oxygen atoms in total. The predicted octanol–water partition coefficient (Wildman–Crippen LogP) is 3.01. The van der Waals surface area contributed by atoms with Crippen LogP contribution in [0, 0.1) is 0 Å². The number of rotatable bonds is 3. The van der Waals surface area contributed by atoms with E-state index in [0.717, 1.165) is 5.49 Å². The van der Waals surface area contributed by atoms with Crippen LogP contribution in [-0.2, 0) is 0 Å². The average Bonchev–Trinajstić information content (AvgIpc) is 2.33. The number of hydrogen-bond acceptors (Lipinski definition) is 1. The monoisotopic (exact) mass is 232 g/mol. The molecule has 0 fully saturated rings. The van der Waals surface area contributed by atoms with Crippen LogP contribution in [0.4, 0.5) is 0 Å². The van der Waals surface area contributed by atoms with Crippen LogP contribution in [0.3, 0.4) is 0 Å². The second-order valence-electron chi connectivity index (χ2n) is 3.24. The lowest BCUT2D eigenvalue weighted by molar-refractivity contribution is 1.75. The summed E-state index contributed by atoms with van der Waals surface area (Å²) in [7, 11) is -0.284. The molecule has 0 spiro atoms. The van der Waals surface area contributed by atoms with Crippen molar-refractivity contribution >= 4 is 31.2 Å². The van der Waals surface area contributed by atoms with Crippen molar-refractivity contribution in [1.82, 2.24) is 0 Å². The fraction of sp³-hybridized carbons (Fsp3) is 0.0769. The predicted molar refractivity (Wildman–Crippen MR) is 72.9 cm³/mol. The summed E-state index contributed by atoms with van der Waals surface area (Å²) >= 11 is 4.47. The smallest absolute Gasteiger partial charge is 0.0186 e. The molecule has 2 aromatic carbocycles. The minimum Gasteiger partial charge on any atom is -0.174 e. The van der Waals surface area contributed by atoms with Crippen molar-refractivity contribution in [2.75, 3.05) is 5.49 Å². The molecule has 0 N–H and O–H groups in total. The second-order valence-corrected chi connectivity index (χ2v) is 6.26. The van der Waals surface area contributed by atoms with Gasteiger partial charge in [-0.2, -0.15) is 12.6 Å². The van der Waals surface area contributed by atoms with Crippen LogP contribution in [0.1, 0.15) is 0 Å². The quantitative estimate of drug-likeness (QED) is 0.610. The summed E-state index contributed by atoms with van der Waals surface area (Å²) in [5.41, 5.74) is 0.906. The highest BCUT2D eigenvalue weighted by Gasteiger charge is 2.10. The Labute approximate surface area is 97.5 Å². The Hall–Kier alpha value is -0.780. The van der Waals surface area contributed by atoms with Gasteiger partial charge in [0, 0.05) is 5.49 Å². The molecule has 2 heteroatoms. The summed E-state index contributed by atoms with van der Waals surface area (Å²) in [6, 6.07) is 21.2. The van der Waals surface area contributed by atoms with E-state index in [1.165, 1.54) is 10.6 Å². The molecular formula is C13H13PS. The first-order chi connectivity index (χ1) is 7.42. The summed E-state index contributed by atoms with van der Waals surface area (Å²) in [6.07, 6.45) is 0. The molecule has 0 atom stereocenters. The zero-order valence-corrected chi connectivity index (χ0v) is 10.2. The van der Waals surface area contributed by atoms with Crippen molar-refractivity contribution in [3.8, 4) is 0 Å². The van der Waals surface area contributed by atoms with Gasteiger partial charge in [0.1, 0.15) is 0 Å². The lowest BCUT2D eigenvalue weighted by Gasteiger charge is -2.15. The Balaban J connectivity index is 2.34. The van der Waals surface area contributed by atoms with Crippen LogP contribution in [-0.4, -0.2) is 5.49 Å². The second kappa shape index (κ2) is 5.34. The van der Waals surface area contributed by atoms with Crippen LogP contribution in [0.25, 0.3) is 0 Å². The molecule has 0 aliphatic heterocycles. The molecule has 0 saturated heterocycles. The Morgan fingerprint density at radius 1 is 0.733 bits per heavy atom. The van der Waals surface area contributed by atoms with Gasteiger partial charge in [-0.25, -0.2) is 0 Å². The van der Waals surface area contributed by atoms with Crippen LogP contribution in [0.5, 0.6) is 0 Å². The Bertz CT molecular complexity index is 360. The lowest BCUT2D eigenvalue weighted by Crippen LogP contribution is -2.11. The zero-order chi connectivity index (χ0) is 10.5. The fourth-order valence-corrected chi connectivity index (χ4v) is 4.20. The molecule has 0 aromatic heterocycles. The highest BCUT2D eigenvalue weighted by atomic mass is 32.1. The molecule has 76 valence electrons. The summed E-state index contributed by atoms with van der Waals surface area (Å²) in [6.45, 7) is 0. The van der Waals surface area contributed by atoms with Crippen LogP contribution < -0.4 is 10.6 Å². The van der Waals surface area contributed by atoms with Crippen LogP contribution >= 0.6 is 20.6 Å². The van der Waals surface area contributed by atoms with Gasteiger partial charge in [-0.05, 0) is 18.5 Å². The molecule has 0 heterocycles. The number of thiol groups is 1. The van der Waals surface area contributed by atoms with E-state index in [2.05, 4.69) is 73.3 Å². The van der Waals surface area contributed by atoms with Gasteiger partial charge < -0.3 is 0 Å². The zero-order valence-electron chi connectivity index (χ0n) is 8.38. The SMILES string of the molecule is SCP(c1ccccc1)c1ccccc1. The van der Waals surface area contributed by atoms with E-state index in [9.17, 15) is 0 Å². The third kappa shape index (κ3) is 2.62. The lowest BCUT2D eigenvalue weighted by atomic mass is 10.4. The van der Waals surface area contributed by atoms with E-state index in [0.29, 0.717) is 0 Å². The van der Waals surface area contributed by atoms with Gasteiger partial charge in [0.15, 0.2) is 0 Å². The molecule has 2 rings (SSSR count). The Morgan fingerprint density at radius 2 is 1.13 bits per heavy atom. The van der Waals surface area contributed by atoms with Gasteiger partial charge in [0.2, 0.25) is 0 Å². The fourth-order valence-electron chi connectivity index (χ4n) is 1.53. The highest BCUT2D eigenvalue weighted by molar-refractivity contribution is 7.93. The van der Waals surface area contributed by atoms with E-state index < -0.39 is 0 Å². The molecule has 0 aliphatic rings. The molecule has 2 aromatic rings. The first-order valence-corrected chi connectivity index (χ1v) is 7.06. The van der Waals surface area contributed by atoms with Gasteiger partial charge in [-0.15, -0.1) is 0 Å². The first-order valence-electron chi connectivity index (χ1n) is 4.90. The van der Waals surface area contributed by atoms with E-state index >= 15 is 0 Å².